The summed E-state index contributed by atoms with van der Waals surface area (Å²) in [4.78, 5) is 25.8. The summed E-state index contributed by atoms with van der Waals surface area (Å²) in [6.45, 7) is 2.72. The Labute approximate surface area is 146 Å². The number of amides is 2. The molecule has 23 heavy (non-hydrogen) atoms. The van der Waals surface area contributed by atoms with Crippen LogP contribution in [0.2, 0.25) is 0 Å². The van der Waals surface area contributed by atoms with Crippen LogP contribution in [0.3, 0.4) is 0 Å². The summed E-state index contributed by atoms with van der Waals surface area (Å²) in [5.74, 6) is 1.78. The predicted molar refractivity (Wildman–Crippen MR) is 95.1 cm³/mol. The first-order valence-corrected chi connectivity index (χ1v) is 8.42. The van der Waals surface area contributed by atoms with Crippen molar-refractivity contribution in [3.8, 4) is 5.75 Å². The Kier molecular flexibility index (Phi) is 8.22. The minimum atomic E-state index is -0.398. The van der Waals surface area contributed by atoms with Gasteiger partial charge in [-0.25, -0.2) is 0 Å². The van der Waals surface area contributed by atoms with Crippen molar-refractivity contribution in [2.45, 2.75) is 19.4 Å². The highest BCUT2D eigenvalue weighted by Gasteiger charge is 2.33. The molecule has 1 unspecified atom stereocenters. The van der Waals surface area contributed by atoms with E-state index in [0.29, 0.717) is 42.6 Å². The zero-order valence-corrected chi connectivity index (χ0v) is 14.6. The van der Waals surface area contributed by atoms with Crippen molar-refractivity contribution in [1.29, 1.82) is 0 Å². The lowest BCUT2D eigenvalue weighted by atomic mass is 10.2. The third kappa shape index (κ3) is 5.30. The zero-order valence-electron chi connectivity index (χ0n) is 13.0. The van der Waals surface area contributed by atoms with Gasteiger partial charge in [0, 0.05) is 24.4 Å². The Morgan fingerprint density at radius 2 is 2.09 bits per heavy atom. The number of nitrogens with one attached hydrogen (secondary N) is 1. The van der Waals surface area contributed by atoms with E-state index >= 15 is 0 Å². The van der Waals surface area contributed by atoms with Crippen LogP contribution < -0.4 is 15.8 Å². The number of benzene rings is 1. The van der Waals surface area contributed by atoms with E-state index in [1.54, 1.807) is 47.9 Å². The molecule has 0 aromatic heterocycles. The van der Waals surface area contributed by atoms with Gasteiger partial charge in [0.05, 0.1) is 5.88 Å². The summed E-state index contributed by atoms with van der Waals surface area (Å²) in [6, 6.07) is 6.72. The number of ether oxygens (including phenoxy) is 1. The van der Waals surface area contributed by atoms with E-state index in [0.717, 1.165) is 0 Å². The minimum absolute atomic E-state index is 0. The van der Waals surface area contributed by atoms with Gasteiger partial charge in [-0.2, -0.15) is 0 Å². The van der Waals surface area contributed by atoms with Crippen LogP contribution in [0.4, 0.5) is 5.69 Å². The maximum absolute atomic E-state index is 12.3. The second kappa shape index (κ2) is 9.64. The van der Waals surface area contributed by atoms with Crippen molar-refractivity contribution >= 4 is 41.7 Å². The lowest BCUT2D eigenvalue weighted by molar-refractivity contribution is -0.135. The maximum atomic E-state index is 12.3. The van der Waals surface area contributed by atoms with Gasteiger partial charge >= 0.3 is 0 Å². The van der Waals surface area contributed by atoms with Gasteiger partial charge < -0.3 is 20.7 Å². The monoisotopic (exact) mass is 359 g/mol. The van der Waals surface area contributed by atoms with E-state index in [-0.39, 0.29) is 24.2 Å². The van der Waals surface area contributed by atoms with Gasteiger partial charge in [-0.1, -0.05) is 6.92 Å². The average Bonchev–Trinajstić information content (AvgIpc) is 3.03. The maximum Gasteiger partial charge on any atom is 0.248 e. The topological polar surface area (TPSA) is 84.7 Å². The van der Waals surface area contributed by atoms with Gasteiger partial charge in [0.25, 0.3) is 0 Å². The van der Waals surface area contributed by atoms with Crippen molar-refractivity contribution in [2.24, 2.45) is 5.73 Å². The quantitative estimate of drug-likeness (QED) is 0.807. The summed E-state index contributed by atoms with van der Waals surface area (Å²) in [5.41, 5.74) is 6.06. The Morgan fingerprint density at radius 1 is 1.39 bits per heavy atom. The SMILES string of the molecule is CCC(=O)N1CSCC1C(=O)Nc1ccc(OCCN)cc1.Cl. The number of anilines is 1. The number of carbonyl (C=O) groups is 2. The first-order valence-electron chi connectivity index (χ1n) is 7.26. The fourth-order valence-corrected chi connectivity index (χ4v) is 3.33. The molecule has 1 saturated heterocycles. The van der Waals surface area contributed by atoms with Crippen LogP contribution in [0.1, 0.15) is 13.3 Å². The molecule has 1 aliphatic rings. The summed E-state index contributed by atoms with van der Waals surface area (Å²) in [6.07, 6.45) is 0.414. The highest BCUT2D eigenvalue weighted by atomic mass is 35.5. The summed E-state index contributed by atoms with van der Waals surface area (Å²) in [5, 5.41) is 2.85. The van der Waals surface area contributed by atoms with Gasteiger partial charge in [-0.15, -0.1) is 24.2 Å². The van der Waals surface area contributed by atoms with Crippen LogP contribution in [0.25, 0.3) is 0 Å². The molecule has 1 aromatic rings. The molecule has 1 atom stereocenters. The molecular formula is C15H22ClN3O3S. The second-order valence-electron chi connectivity index (χ2n) is 4.88. The zero-order chi connectivity index (χ0) is 15.9. The van der Waals surface area contributed by atoms with Gasteiger partial charge in [0.2, 0.25) is 11.8 Å². The van der Waals surface area contributed by atoms with Gasteiger partial charge in [-0.05, 0) is 24.3 Å². The van der Waals surface area contributed by atoms with Crippen LogP contribution in [0.15, 0.2) is 24.3 Å². The van der Waals surface area contributed by atoms with E-state index in [2.05, 4.69) is 5.32 Å². The van der Waals surface area contributed by atoms with Crippen LogP contribution in [0, 0.1) is 0 Å². The average molecular weight is 360 g/mol. The molecule has 1 fully saturated rings. The van der Waals surface area contributed by atoms with Crippen molar-refractivity contribution in [3.05, 3.63) is 24.3 Å². The normalized spacial score (nSPS) is 16.6. The number of carbonyl (C=O) groups excluding carboxylic acids is 2. The molecule has 2 rings (SSSR count). The lowest BCUT2D eigenvalue weighted by Gasteiger charge is -2.22. The third-order valence-electron chi connectivity index (χ3n) is 3.32. The molecule has 0 bridgehead atoms. The van der Waals surface area contributed by atoms with Crippen molar-refractivity contribution in [1.82, 2.24) is 4.90 Å². The fraction of sp³-hybridized carbons (Fsp3) is 0.467. The van der Waals surface area contributed by atoms with E-state index in [9.17, 15) is 9.59 Å². The summed E-state index contributed by atoms with van der Waals surface area (Å²) < 4.78 is 5.38. The molecule has 0 aliphatic carbocycles. The van der Waals surface area contributed by atoms with E-state index < -0.39 is 6.04 Å². The molecule has 2 amide bonds. The smallest absolute Gasteiger partial charge is 0.248 e. The fourth-order valence-electron chi connectivity index (χ4n) is 2.15. The second-order valence-corrected chi connectivity index (χ2v) is 5.88. The Morgan fingerprint density at radius 3 is 2.70 bits per heavy atom. The molecule has 1 heterocycles. The van der Waals surface area contributed by atoms with E-state index in [1.807, 2.05) is 0 Å². The number of nitrogens with zero attached hydrogens (tertiary/aromatic N) is 1. The van der Waals surface area contributed by atoms with Crippen molar-refractivity contribution < 1.29 is 14.3 Å². The summed E-state index contributed by atoms with van der Waals surface area (Å²) in [7, 11) is 0. The minimum Gasteiger partial charge on any atom is -0.492 e. The molecule has 1 aromatic carbocycles. The molecule has 0 radical (unpaired) electrons. The molecule has 128 valence electrons. The number of rotatable bonds is 6. The summed E-state index contributed by atoms with van der Waals surface area (Å²) >= 11 is 1.60. The first kappa shape index (κ1) is 19.6. The van der Waals surface area contributed by atoms with Gasteiger partial charge in [0.1, 0.15) is 18.4 Å². The van der Waals surface area contributed by atoms with Gasteiger partial charge in [-0.3, -0.25) is 9.59 Å². The highest BCUT2D eigenvalue weighted by Crippen LogP contribution is 2.23. The van der Waals surface area contributed by atoms with E-state index in [1.165, 1.54) is 0 Å². The molecule has 0 saturated carbocycles. The standard InChI is InChI=1S/C15H21N3O3S.ClH/c1-2-14(19)18-10-22-9-13(18)15(20)17-11-3-5-12(6-4-11)21-8-7-16;/h3-6,13H,2,7-10,16H2,1H3,(H,17,20);1H. The van der Waals surface area contributed by atoms with Crippen molar-refractivity contribution in [2.75, 3.05) is 30.1 Å². The largest absolute Gasteiger partial charge is 0.492 e. The van der Waals surface area contributed by atoms with Crippen molar-refractivity contribution in [3.63, 3.8) is 0 Å². The number of hydrogen-bond donors (Lipinski definition) is 2. The van der Waals surface area contributed by atoms with Gasteiger partial charge in [0.15, 0.2) is 0 Å². The Balaban J connectivity index is 0.00000264. The number of halogens is 1. The molecule has 6 nitrogen and oxygen atoms in total. The Hall–Kier alpha value is -1.44. The molecule has 8 heteroatoms. The third-order valence-corrected chi connectivity index (χ3v) is 4.33. The molecule has 0 spiro atoms. The molecule has 3 N–H and O–H groups in total. The highest BCUT2D eigenvalue weighted by molar-refractivity contribution is 7.99. The van der Waals surface area contributed by atoms with Crippen LogP contribution >= 0.6 is 24.2 Å². The Bertz CT molecular complexity index is 527. The van der Waals surface area contributed by atoms with E-state index in [4.69, 9.17) is 10.5 Å². The van der Waals surface area contributed by atoms with Crippen LogP contribution in [-0.2, 0) is 9.59 Å². The van der Waals surface area contributed by atoms with Crippen LogP contribution in [-0.4, -0.2) is 47.5 Å². The lowest BCUT2D eigenvalue weighted by Crippen LogP contribution is -2.44. The number of thioether (sulfide) groups is 1. The number of nitrogens with two attached hydrogens (primary N) is 1. The molecule has 1 aliphatic heterocycles. The first-order chi connectivity index (χ1) is 10.7. The number of hydrogen-bond acceptors (Lipinski definition) is 5. The molecular weight excluding hydrogens is 338 g/mol. The predicted octanol–water partition coefficient (Wildman–Crippen LogP) is 1.70. The van der Waals surface area contributed by atoms with Crippen LogP contribution in [0.5, 0.6) is 5.75 Å².